The lowest BCUT2D eigenvalue weighted by Crippen LogP contribution is -2.05. The molecule has 0 aliphatic heterocycles. The molecule has 0 aliphatic carbocycles. The normalized spacial score (nSPS) is 12.8. The fraction of sp³-hybridized carbons (Fsp3) is 0.235. The van der Waals surface area contributed by atoms with Crippen molar-refractivity contribution in [1.82, 2.24) is 9.55 Å². The van der Waals surface area contributed by atoms with Crippen molar-refractivity contribution in [1.29, 1.82) is 0 Å². The highest BCUT2D eigenvalue weighted by Gasteiger charge is 2.16. The maximum Gasteiger partial charge on any atom is 0.128 e. The number of fused-ring (bicyclic) bond motifs is 1. The van der Waals surface area contributed by atoms with Gasteiger partial charge in [-0.2, -0.15) is 0 Å². The Morgan fingerprint density at radius 1 is 1.24 bits per heavy atom. The van der Waals surface area contributed by atoms with Gasteiger partial charge in [-0.25, -0.2) is 9.37 Å². The monoisotopic (exact) mass is 302 g/mol. The number of aromatic nitrogens is 2. The molecular weight excluding hydrogens is 287 g/mol. The molecule has 108 valence electrons. The Bertz CT molecular complexity index is 778. The molecule has 4 heteroatoms. The molecule has 2 aromatic carbocycles. The van der Waals surface area contributed by atoms with Crippen LogP contribution >= 0.6 is 11.6 Å². The van der Waals surface area contributed by atoms with E-state index in [1.807, 2.05) is 31.2 Å². The molecule has 1 heterocycles. The molecule has 1 atom stereocenters. The van der Waals surface area contributed by atoms with E-state index in [4.69, 9.17) is 11.6 Å². The molecule has 0 spiro atoms. The van der Waals surface area contributed by atoms with E-state index in [1.165, 1.54) is 6.07 Å². The van der Waals surface area contributed by atoms with Gasteiger partial charge in [0, 0.05) is 12.6 Å². The van der Waals surface area contributed by atoms with E-state index in [9.17, 15) is 4.39 Å². The third-order valence-corrected chi connectivity index (χ3v) is 3.79. The molecule has 1 aromatic heterocycles. The topological polar surface area (TPSA) is 17.8 Å². The van der Waals surface area contributed by atoms with Crippen LogP contribution in [-0.4, -0.2) is 9.55 Å². The highest BCUT2D eigenvalue weighted by molar-refractivity contribution is 6.20. The number of alkyl halides is 1. The molecule has 0 radical (unpaired) electrons. The van der Waals surface area contributed by atoms with Gasteiger partial charge in [-0.15, -0.1) is 11.6 Å². The van der Waals surface area contributed by atoms with Gasteiger partial charge in [0.05, 0.1) is 16.4 Å². The minimum Gasteiger partial charge on any atom is -0.322 e. The van der Waals surface area contributed by atoms with E-state index in [0.29, 0.717) is 17.6 Å². The molecule has 3 rings (SSSR count). The van der Waals surface area contributed by atoms with Crippen molar-refractivity contribution in [3.8, 4) is 0 Å². The van der Waals surface area contributed by atoms with Gasteiger partial charge in [-0.05, 0) is 31.0 Å². The highest BCUT2D eigenvalue weighted by atomic mass is 35.5. The molecule has 2 nitrogen and oxygen atoms in total. The molecule has 21 heavy (non-hydrogen) atoms. The molecule has 0 bridgehead atoms. The second-order valence-corrected chi connectivity index (χ2v) is 5.90. The van der Waals surface area contributed by atoms with Crippen LogP contribution in [0.5, 0.6) is 0 Å². The van der Waals surface area contributed by atoms with Crippen molar-refractivity contribution >= 4 is 22.6 Å². The van der Waals surface area contributed by atoms with Gasteiger partial charge in [-0.1, -0.05) is 30.3 Å². The van der Waals surface area contributed by atoms with E-state index in [0.717, 1.165) is 16.9 Å². The van der Waals surface area contributed by atoms with Crippen LogP contribution in [0.3, 0.4) is 0 Å². The molecule has 0 saturated heterocycles. The minimum absolute atomic E-state index is 0.232. The predicted octanol–water partition coefficient (Wildman–Crippen LogP) is 4.83. The number of aryl methyl sites for hydroxylation is 1. The first-order valence-corrected chi connectivity index (χ1v) is 7.34. The molecular formula is C17H16ClFN2. The Morgan fingerprint density at radius 2 is 1.95 bits per heavy atom. The molecule has 3 aromatic rings. The number of benzene rings is 2. The summed E-state index contributed by atoms with van der Waals surface area (Å²) in [6, 6.07) is 13.4. The van der Waals surface area contributed by atoms with Gasteiger partial charge in [0.2, 0.25) is 0 Å². The lowest BCUT2D eigenvalue weighted by Gasteiger charge is -2.11. The van der Waals surface area contributed by atoms with Crippen LogP contribution in [0.4, 0.5) is 4.39 Å². The zero-order valence-corrected chi connectivity index (χ0v) is 12.7. The van der Waals surface area contributed by atoms with Crippen molar-refractivity contribution in [2.45, 2.75) is 25.8 Å². The van der Waals surface area contributed by atoms with Gasteiger partial charge >= 0.3 is 0 Å². The molecule has 0 fully saturated rings. The van der Waals surface area contributed by atoms with E-state index >= 15 is 0 Å². The average molecular weight is 303 g/mol. The van der Waals surface area contributed by atoms with Gasteiger partial charge in [-0.3, -0.25) is 0 Å². The van der Waals surface area contributed by atoms with Gasteiger partial charge < -0.3 is 4.57 Å². The Labute approximate surface area is 128 Å². The van der Waals surface area contributed by atoms with Crippen LogP contribution < -0.4 is 0 Å². The number of nitrogens with zero attached hydrogens (tertiary/aromatic N) is 2. The van der Waals surface area contributed by atoms with E-state index < -0.39 is 0 Å². The summed E-state index contributed by atoms with van der Waals surface area (Å²) >= 11 is 6.25. The fourth-order valence-electron chi connectivity index (χ4n) is 2.50. The second-order valence-electron chi connectivity index (χ2n) is 5.25. The summed E-state index contributed by atoms with van der Waals surface area (Å²) in [4.78, 5) is 4.50. The first-order valence-electron chi connectivity index (χ1n) is 6.90. The van der Waals surface area contributed by atoms with Crippen LogP contribution in [0, 0.1) is 12.7 Å². The number of rotatable bonds is 3. The second kappa shape index (κ2) is 5.49. The number of hydrogen-bond acceptors (Lipinski definition) is 1. The van der Waals surface area contributed by atoms with Crippen molar-refractivity contribution in [2.75, 3.05) is 0 Å². The molecule has 0 amide bonds. The summed E-state index contributed by atoms with van der Waals surface area (Å²) in [6.45, 7) is 4.32. The van der Waals surface area contributed by atoms with Crippen LogP contribution in [0.15, 0.2) is 42.5 Å². The molecule has 0 saturated carbocycles. The maximum absolute atomic E-state index is 13.7. The number of hydrogen-bond donors (Lipinski definition) is 0. The average Bonchev–Trinajstić information content (AvgIpc) is 2.79. The SMILES string of the molecule is Cc1cc2c(cc1F)nc(C(C)Cl)n2Cc1ccccc1. The van der Waals surface area contributed by atoms with Crippen molar-refractivity contribution in [2.24, 2.45) is 0 Å². The van der Waals surface area contributed by atoms with Crippen molar-refractivity contribution in [3.63, 3.8) is 0 Å². The zero-order chi connectivity index (χ0) is 15.0. The van der Waals surface area contributed by atoms with Crippen LogP contribution in [-0.2, 0) is 6.54 Å². The Kier molecular flexibility index (Phi) is 3.68. The van der Waals surface area contributed by atoms with Crippen LogP contribution in [0.1, 0.15) is 29.3 Å². The summed E-state index contributed by atoms with van der Waals surface area (Å²) in [7, 11) is 0. The zero-order valence-electron chi connectivity index (χ0n) is 12.0. The first kappa shape index (κ1) is 14.1. The van der Waals surface area contributed by atoms with Gasteiger partial charge in [0.15, 0.2) is 0 Å². The Hall–Kier alpha value is -1.87. The largest absolute Gasteiger partial charge is 0.322 e. The van der Waals surface area contributed by atoms with Crippen molar-refractivity contribution in [3.05, 3.63) is 65.2 Å². The molecule has 1 unspecified atom stereocenters. The van der Waals surface area contributed by atoms with E-state index in [1.54, 1.807) is 6.92 Å². The van der Waals surface area contributed by atoms with Gasteiger partial charge in [0.1, 0.15) is 11.6 Å². The number of halogens is 2. The lowest BCUT2D eigenvalue weighted by molar-refractivity contribution is 0.620. The third kappa shape index (κ3) is 2.66. The van der Waals surface area contributed by atoms with Crippen LogP contribution in [0.2, 0.25) is 0 Å². The summed E-state index contributed by atoms with van der Waals surface area (Å²) < 4.78 is 15.8. The lowest BCUT2D eigenvalue weighted by atomic mass is 10.2. The summed E-state index contributed by atoms with van der Waals surface area (Å²) in [5.74, 6) is 0.529. The third-order valence-electron chi connectivity index (χ3n) is 3.60. The highest BCUT2D eigenvalue weighted by Crippen LogP contribution is 2.27. The molecule has 0 N–H and O–H groups in total. The summed E-state index contributed by atoms with van der Waals surface area (Å²) in [5, 5.41) is -0.232. The summed E-state index contributed by atoms with van der Waals surface area (Å²) in [5.41, 5.74) is 3.35. The first-order chi connectivity index (χ1) is 10.1. The van der Waals surface area contributed by atoms with E-state index in [-0.39, 0.29) is 11.2 Å². The standard InChI is InChI=1S/C17H16ClFN2/c1-11-8-16-15(9-14(11)19)20-17(12(2)18)21(16)10-13-6-4-3-5-7-13/h3-9,12H,10H2,1-2H3. The predicted molar refractivity (Wildman–Crippen MR) is 84.2 cm³/mol. The molecule has 0 aliphatic rings. The fourth-order valence-corrected chi connectivity index (χ4v) is 2.67. The number of imidazole rings is 1. The van der Waals surface area contributed by atoms with Gasteiger partial charge in [0.25, 0.3) is 0 Å². The maximum atomic E-state index is 13.7. The Morgan fingerprint density at radius 3 is 2.62 bits per heavy atom. The van der Waals surface area contributed by atoms with E-state index in [2.05, 4.69) is 21.7 Å². The minimum atomic E-state index is -0.236. The summed E-state index contributed by atoms with van der Waals surface area (Å²) in [6.07, 6.45) is 0. The van der Waals surface area contributed by atoms with Crippen molar-refractivity contribution < 1.29 is 4.39 Å². The smallest absolute Gasteiger partial charge is 0.128 e. The Balaban J connectivity index is 2.18. The van der Waals surface area contributed by atoms with Crippen LogP contribution in [0.25, 0.3) is 11.0 Å². The quantitative estimate of drug-likeness (QED) is 0.634.